The Bertz CT molecular complexity index is 370. The summed E-state index contributed by atoms with van der Waals surface area (Å²) in [6, 6.07) is 9.08. The zero-order valence-corrected chi connectivity index (χ0v) is 7.83. The summed E-state index contributed by atoms with van der Waals surface area (Å²) in [5.41, 5.74) is 0.710. The Balaban J connectivity index is 2.83. The van der Waals surface area contributed by atoms with Gasteiger partial charge in [-0.25, -0.2) is 8.42 Å². The Morgan fingerprint density at radius 1 is 1.25 bits per heavy atom. The second kappa shape index (κ2) is 4.87. The van der Waals surface area contributed by atoms with Crippen LogP contribution < -0.4 is 0 Å². The molecule has 0 aliphatic rings. The molecule has 0 aliphatic carbocycles. The Labute approximate surface area is 75.1 Å². The SMILES string of the molecule is O=[SH](=O)[SH]=C=Nc1ccccc1. The molecule has 0 heterocycles. The monoisotopic (exact) mass is 201 g/mol. The first-order chi connectivity index (χ1) is 5.79. The first kappa shape index (κ1) is 9.19. The van der Waals surface area contributed by atoms with Crippen LogP contribution in [0.1, 0.15) is 0 Å². The van der Waals surface area contributed by atoms with Crippen LogP contribution in [0.5, 0.6) is 0 Å². The molecule has 0 spiro atoms. The number of hydrogen-bond donors (Lipinski definition) is 2. The van der Waals surface area contributed by atoms with E-state index in [1.165, 1.54) is 0 Å². The number of thiol groups is 2. The van der Waals surface area contributed by atoms with Crippen molar-refractivity contribution in [2.75, 3.05) is 0 Å². The van der Waals surface area contributed by atoms with Crippen molar-refractivity contribution in [2.45, 2.75) is 0 Å². The van der Waals surface area contributed by atoms with Crippen LogP contribution in [0.4, 0.5) is 5.69 Å². The molecule has 12 heavy (non-hydrogen) atoms. The molecule has 1 aromatic carbocycles. The number of hydrogen-bond acceptors (Lipinski definition) is 3. The number of isothiocyanates is 1. The van der Waals surface area contributed by atoms with Gasteiger partial charge in [0.15, 0.2) is 9.74 Å². The minimum atomic E-state index is -2.43. The van der Waals surface area contributed by atoms with Gasteiger partial charge in [0.1, 0.15) is 0 Å². The average Bonchev–Trinajstić information content (AvgIpc) is 2.05. The third kappa shape index (κ3) is 3.48. The number of aliphatic imine (C=N–C) groups is 1. The van der Waals surface area contributed by atoms with Crippen LogP contribution in [0.2, 0.25) is 0 Å². The first-order valence-electron chi connectivity index (χ1n) is 3.15. The largest absolute Gasteiger partial charge is 0.221 e. The lowest BCUT2D eigenvalue weighted by Gasteiger charge is -1.84. The molecule has 0 aromatic heterocycles. The molecule has 0 N–H and O–H groups in total. The predicted octanol–water partition coefficient (Wildman–Crippen LogP) is 1.22. The number of para-hydroxylation sites is 1. The Hall–Kier alpha value is -0.900. The van der Waals surface area contributed by atoms with Crippen molar-refractivity contribution in [2.24, 2.45) is 4.99 Å². The third-order valence-corrected chi connectivity index (χ3v) is 2.17. The fourth-order valence-corrected chi connectivity index (χ4v) is 1.21. The van der Waals surface area contributed by atoms with Crippen molar-refractivity contribution < 1.29 is 8.42 Å². The van der Waals surface area contributed by atoms with Crippen LogP contribution in [-0.4, -0.2) is 13.6 Å². The fraction of sp³-hybridized carbons (Fsp3) is 0. The number of rotatable bonds is 2. The van der Waals surface area contributed by atoms with Crippen molar-refractivity contribution in [1.29, 1.82) is 0 Å². The molecular formula is C7H7NO2S2. The lowest BCUT2D eigenvalue weighted by Crippen LogP contribution is -1.60. The molecule has 0 amide bonds. The minimum absolute atomic E-state index is 0.107. The number of benzene rings is 1. The molecule has 1 rings (SSSR count). The molecule has 0 atom stereocenters. The second-order valence-electron chi connectivity index (χ2n) is 1.89. The Morgan fingerprint density at radius 3 is 2.50 bits per heavy atom. The fourth-order valence-electron chi connectivity index (χ4n) is 0.619. The lowest BCUT2D eigenvalue weighted by atomic mass is 10.3. The van der Waals surface area contributed by atoms with Crippen LogP contribution >= 0.6 is 10.4 Å². The van der Waals surface area contributed by atoms with Gasteiger partial charge in [0, 0.05) is 5.16 Å². The lowest BCUT2D eigenvalue weighted by molar-refractivity contribution is 0.627. The van der Waals surface area contributed by atoms with Gasteiger partial charge in [0.05, 0.1) is 5.69 Å². The highest BCUT2D eigenvalue weighted by Crippen LogP contribution is 2.07. The summed E-state index contributed by atoms with van der Waals surface area (Å²) in [6.45, 7) is 0. The summed E-state index contributed by atoms with van der Waals surface area (Å²) in [5.74, 6) is 0. The van der Waals surface area contributed by atoms with E-state index in [0.29, 0.717) is 5.69 Å². The molecule has 64 valence electrons. The molecule has 0 fully saturated rings. The van der Waals surface area contributed by atoms with Crippen LogP contribution in [0.3, 0.4) is 0 Å². The van der Waals surface area contributed by atoms with Gasteiger partial charge in [0.25, 0.3) is 0 Å². The van der Waals surface area contributed by atoms with Crippen molar-refractivity contribution >= 4 is 31.0 Å². The van der Waals surface area contributed by atoms with E-state index in [9.17, 15) is 8.42 Å². The topological polar surface area (TPSA) is 46.5 Å². The summed E-state index contributed by atoms with van der Waals surface area (Å²) < 4.78 is 20.2. The summed E-state index contributed by atoms with van der Waals surface area (Å²) in [4.78, 5) is 3.80. The molecular weight excluding hydrogens is 194 g/mol. The van der Waals surface area contributed by atoms with E-state index in [1.54, 1.807) is 12.1 Å². The predicted molar refractivity (Wildman–Crippen MR) is 52.8 cm³/mol. The van der Waals surface area contributed by atoms with E-state index in [2.05, 4.69) is 10.2 Å². The zero-order chi connectivity index (χ0) is 8.81. The molecule has 0 unspecified atom stereocenters. The maximum absolute atomic E-state index is 10.1. The summed E-state index contributed by atoms with van der Waals surface area (Å²) in [7, 11) is -2.32. The van der Waals surface area contributed by atoms with E-state index < -0.39 is 9.74 Å². The quantitative estimate of drug-likeness (QED) is 0.327. The molecule has 5 heteroatoms. The molecule has 3 nitrogen and oxygen atoms in total. The van der Waals surface area contributed by atoms with Crippen LogP contribution in [0.15, 0.2) is 35.3 Å². The van der Waals surface area contributed by atoms with E-state index >= 15 is 0 Å². The molecule has 0 saturated carbocycles. The zero-order valence-electron chi connectivity index (χ0n) is 6.04. The van der Waals surface area contributed by atoms with E-state index in [1.807, 2.05) is 18.2 Å². The van der Waals surface area contributed by atoms with Crippen LogP contribution in [0.25, 0.3) is 0 Å². The molecule has 0 saturated heterocycles. The smallest absolute Gasteiger partial charge is 0.191 e. The Kier molecular flexibility index (Phi) is 3.73. The molecule has 0 bridgehead atoms. The van der Waals surface area contributed by atoms with Gasteiger partial charge in [0.2, 0.25) is 0 Å². The Morgan fingerprint density at radius 2 is 1.92 bits per heavy atom. The van der Waals surface area contributed by atoms with Crippen LogP contribution in [-0.2, 0) is 9.74 Å². The van der Waals surface area contributed by atoms with Gasteiger partial charge in [-0.2, -0.15) is 4.99 Å². The maximum Gasteiger partial charge on any atom is 0.191 e. The van der Waals surface area contributed by atoms with E-state index in [-0.39, 0.29) is 10.4 Å². The summed E-state index contributed by atoms with van der Waals surface area (Å²) >= 11 is 0. The third-order valence-electron chi connectivity index (χ3n) is 1.06. The van der Waals surface area contributed by atoms with Crippen molar-refractivity contribution in [3.63, 3.8) is 0 Å². The molecule has 1 aromatic rings. The normalized spacial score (nSPS) is 9.42. The van der Waals surface area contributed by atoms with Gasteiger partial charge in [-0.3, -0.25) is 0 Å². The van der Waals surface area contributed by atoms with Crippen molar-refractivity contribution in [3.8, 4) is 0 Å². The maximum atomic E-state index is 10.1. The summed E-state index contributed by atoms with van der Waals surface area (Å²) in [6.07, 6.45) is 0. The molecule has 0 radical (unpaired) electrons. The van der Waals surface area contributed by atoms with Gasteiger partial charge in [-0.05, 0) is 22.5 Å². The van der Waals surface area contributed by atoms with Gasteiger partial charge < -0.3 is 0 Å². The van der Waals surface area contributed by atoms with Crippen LogP contribution in [0, 0.1) is 0 Å². The standard InChI is InChI=1S/C7H7NO2S2/c9-12(10)11-6-8-7-4-2-1-3-5-7/h1-5,11-12H. The minimum Gasteiger partial charge on any atom is -0.221 e. The van der Waals surface area contributed by atoms with Crippen molar-refractivity contribution in [3.05, 3.63) is 30.3 Å². The second-order valence-corrected chi connectivity index (χ2v) is 4.34. The van der Waals surface area contributed by atoms with E-state index in [0.717, 1.165) is 0 Å². The highest BCUT2D eigenvalue weighted by Gasteiger charge is 1.80. The average molecular weight is 201 g/mol. The highest BCUT2D eigenvalue weighted by molar-refractivity contribution is 8.62. The first-order valence-corrected chi connectivity index (χ1v) is 5.92. The number of nitrogens with zero attached hydrogens (tertiary/aromatic N) is 1. The van der Waals surface area contributed by atoms with Gasteiger partial charge in [-0.1, -0.05) is 18.2 Å². The molecule has 0 aliphatic heterocycles. The van der Waals surface area contributed by atoms with Crippen molar-refractivity contribution in [1.82, 2.24) is 0 Å². The van der Waals surface area contributed by atoms with Gasteiger partial charge in [-0.15, -0.1) is 0 Å². The van der Waals surface area contributed by atoms with Gasteiger partial charge >= 0.3 is 0 Å². The highest BCUT2D eigenvalue weighted by atomic mass is 33.1. The summed E-state index contributed by atoms with van der Waals surface area (Å²) in [5, 5.41) is 2.40. The van der Waals surface area contributed by atoms with E-state index in [4.69, 9.17) is 0 Å².